The van der Waals surface area contributed by atoms with Crippen LogP contribution in [0.1, 0.15) is 58.8 Å². The molecule has 1 atom stereocenters. The second kappa shape index (κ2) is 7.42. The molecule has 5 heteroatoms. The van der Waals surface area contributed by atoms with E-state index in [1.807, 2.05) is 6.92 Å². The molecule has 1 aliphatic carbocycles. The van der Waals surface area contributed by atoms with Crippen molar-refractivity contribution in [2.24, 2.45) is 0 Å². The molecule has 1 spiro atoms. The van der Waals surface area contributed by atoms with E-state index in [1.54, 1.807) is 0 Å². The van der Waals surface area contributed by atoms with Crippen LogP contribution in [0, 0.1) is 0 Å². The maximum Gasteiger partial charge on any atom is 0.151 e. The third-order valence-electron chi connectivity index (χ3n) is 5.19. The molecule has 0 amide bonds. The number of sulfone groups is 1. The van der Waals surface area contributed by atoms with Gasteiger partial charge in [-0.25, -0.2) is 8.42 Å². The highest BCUT2D eigenvalue weighted by Crippen LogP contribution is 2.37. The SMILES string of the molecule is CCCC1CN(CCS(=O)(=O)CCC)C2(CCCC2)CN1. The summed E-state index contributed by atoms with van der Waals surface area (Å²) in [6.45, 7) is 6.96. The number of nitrogens with zero attached hydrogens (tertiary/aromatic N) is 1. The minimum atomic E-state index is -2.87. The quantitative estimate of drug-likeness (QED) is 0.782. The van der Waals surface area contributed by atoms with Crippen LogP contribution in [-0.2, 0) is 9.84 Å². The predicted octanol–water partition coefficient (Wildman–Crippen LogP) is 2.20. The van der Waals surface area contributed by atoms with E-state index in [0.29, 0.717) is 17.5 Å². The molecular weight excluding hydrogens is 284 g/mol. The Hall–Kier alpha value is -0.130. The molecule has 0 radical (unpaired) electrons. The Bertz CT molecular complexity index is 416. The normalized spacial score (nSPS) is 26.5. The largest absolute Gasteiger partial charge is 0.311 e. The summed E-state index contributed by atoms with van der Waals surface area (Å²) in [7, 11) is -2.87. The fourth-order valence-electron chi connectivity index (χ4n) is 4.03. The first-order valence-electron chi connectivity index (χ1n) is 8.70. The Morgan fingerprint density at radius 2 is 1.86 bits per heavy atom. The van der Waals surface area contributed by atoms with Crippen molar-refractivity contribution in [1.82, 2.24) is 10.2 Å². The molecule has 1 saturated carbocycles. The molecule has 2 rings (SSSR count). The molecule has 2 fully saturated rings. The van der Waals surface area contributed by atoms with Gasteiger partial charge in [0.25, 0.3) is 0 Å². The first-order valence-corrected chi connectivity index (χ1v) is 10.5. The summed E-state index contributed by atoms with van der Waals surface area (Å²) >= 11 is 0. The molecule has 1 saturated heterocycles. The Morgan fingerprint density at radius 1 is 1.14 bits per heavy atom. The minimum absolute atomic E-state index is 0.242. The zero-order valence-electron chi connectivity index (χ0n) is 13.7. The zero-order chi connectivity index (χ0) is 15.3. The third-order valence-corrected chi connectivity index (χ3v) is 7.02. The lowest BCUT2D eigenvalue weighted by atomic mass is 9.90. The van der Waals surface area contributed by atoms with Crippen molar-refractivity contribution >= 4 is 9.84 Å². The molecule has 4 nitrogen and oxygen atoms in total. The molecule has 1 N–H and O–H groups in total. The van der Waals surface area contributed by atoms with Crippen LogP contribution in [0.25, 0.3) is 0 Å². The topological polar surface area (TPSA) is 49.4 Å². The third kappa shape index (κ3) is 4.42. The van der Waals surface area contributed by atoms with Gasteiger partial charge < -0.3 is 5.32 Å². The van der Waals surface area contributed by atoms with Crippen LogP contribution in [0.3, 0.4) is 0 Å². The number of hydrogen-bond acceptors (Lipinski definition) is 4. The van der Waals surface area contributed by atoms with Crippen LogP contribution in [0.5, 0.6) is 0 Å². The second-order valence-electron chi connectivity index (χ2n) is 6.90. The Labute approximate surface area is 130 Å². The standard InChI is InChI=1S/C16H32N2O2S/c1-3-7-15-13-18(10-12-21(19,20)11-4-2)16(14-17-15)8-5-6-9-16/h15,17H,3-14H2,1-2H3. The summed E-state index contributed by atoms with van der Waals surface area (Å²) in [5.41, 5.74) is 0.242. The van der Waals surface area contributed by atoms with E-state index in [0.717, 1.165) is 26.1 Å². The van der Waals surface area contributed by atoms with Crippen molar-refractivity contribution in [1.29, 1.82) is 0 Å². The van der Waals surface area contributed by atoms with Crippen LogP contribution >= 0.6 is 0 Å². The zero-order valence-corrected chi connectivity index (χ0v) is 14.6. The van der Waals surface area contributed by atoms with E-state index in [4.69, 9.17) is 0 Å². The minimum Gasteiger partial charge on any atom is -0.311 e. The lowest BCUT2D eigenvalue weighted by molar-refractivity contribution is 0.0468. The predicted molar refractivity (Wildman–Crippen MR) is 88.4 cm³/mol. The Kier molecular flexibility index (Phi) is 6.09. The van der Waals surface area contributed by atoms with Gasteiger partial charge in [0.15, 0.2) is 9.84 Å². The fourth-order valence-corrected chi connectivity index (χ4v) is 5.35. The summed E-state index contributed by atoms with van der Waals surface area (Å²) in [6, 6.07) is 0.537. The highest BCUT2D eigenvalue weighted by Gasteiger charge is 2.43. The molecule has 0 aromatic carbocycles. The van der Waals surface area contributed by atoms with Crippen molar-refractivity contribution in [2.75, 3.05) is 31.1 Å². The van der Waals surface area contributed by atoms with Crippen LogP contribution in [0.2, 0.25) is 0 Å². The fraction of sp³-hybridized carbons (Fsp3) is 1.00. The van der Waals surface area contributed by atoms with Gasteiger partial charge in [-0.15, -0.1) is 0 Å². The maximum absolute atomic E-state index is 12.0. The Balaban J connectivity index is 2.00. The van der Waals surface area contributed by atoms with E-state index < -0.39 is 9.84 Å². The smallest absolute Gasteiger partial charge is 0.151 e. The van der Waals surface area contributed by atoms with Crippen molar-refractivity contribution in [2.45, 2.75) is 70.4 Å². The van der Waals surface area contributed by atoms with Gasteiger partial charge in [-0.3, -0.25) is 4.90 Å². The molecule has 0 aromatic rings. The summed E-state index contributed by atoms with van der Waals surface area (Å²) in [5.74, 6) is 0.673. The highest BCUT2D eigenvalue weighted by atomic mass is 32.2. The molecule has 1 heterocycles. The summed E-state index contributed by atoms with van der Waals surface area (Å²) in [4.78, 5) is 2.52. The van der Waals surface area contributed by atoms with Crippen molar-refractivity contribution in [3.63, 3.8) is 0 Å². The van der Waals surface area contributed by atoms with Gasteiger partial charge in [-0.1, -0.05) is 33.1 Å². The Morgan fingerprint density at radius 3 is 2.48 bits per heavy atom. The molecule has 124 valence electrons. The molecular formula is C16H32N2O2S. The summed E-state index contributed by atoms with van der Waals surface area (Å²) in [5, 5.41) is 3.71. The lowest BCUT2D eigenvalue weighted by Crippen LogP contribution is -2.64. The number of nitrogens with one attached hydrogen (secondary N) is 1. The van der Waals surface area contributed by atoms with Crippen LogP contribution in [0.4, 0.5) is 0 Å². The summed E-state index contributed by atoms with van der Waals surface area (Å²) in [6.07, 6.45) is 8.14. The number of rotatable bonds is 7. The monoisotopic (exact) mass is 316 g/mol. The van der Waals surface area contributed by atoms with E-state index in [2.05, 4.69) is 17.1 Å². The highest BCUT2D eigenvalue weighted by molar-refractivity contribution is 7.91. The molecule has 0 aromatic heterocycles. The van der Waals surface area contributed by atoms with E-state index in [9.17, 15) is 8.42 Å². The second-order valence-corrected chi connectivity index (χ2v) is 9.20. The molecule has 2 aliphatic rings. The maximum atomic E-state index is 12.0. The first-order chi connectivity index (χ1) is 10.0. The van der Waals surface area contributed by atoms with Gasteiger partial charge in [-0.2, -0.15) is 0 Å². The van der Waals surface area contributed by atoms with Crippen LogP contribution in [0.15, 0.2) is 0 Å². The first kappa shape index (κ1) is 17.2. The molecule has 1 unspecified atom stereocenters. The average molecular weight is 317 g/mol. The van der Waals surface area contributed by atoms with Crippen LogP contribution < -0.4 is 5.32 Å². The van der Waals surface area contributed by atoms with E-state index >= 15 is 0 Å². The van der Waals surface area contributed by atoms with Gasteiger partial charge in [0.1, 0.15) is 0 Å². The van der Waals surface area contributed by atoms with E-state index in [-0.39, 0.29) is 5.54 Å². The van der Waals surface area contributed by atoms with E-state index in [1.165, 1.54) is 38.5 Å². The van der Waals surface area contributed by atoms with Gasteiger partial charge in [0.05, 0.1) is 5.75 Å². The van der Waals surface area contributed by atoms with Crippen molar-refractivity contribution in [3.05, 3.63) is 0 Å². The number of piperazine rings is 1. The van der Waals surface area contributed by atoms with Gasteiger partial charge in [0, 0.05) is 37.0 Å². The molecule has 1 aliphatic heterocycles. The molecule has 0 bridgehead atoms. The van der Waals surface area contributed by atoms with Gasteiger partial charge in [-0.05, 0) is 25.7 Å². The summed E-state index contributed by atoms with van der Waals surface area (Å²) < 4.78 is 24.1. The van der Waals surface area contributed by atoms with Crippen molar-refractivity contribution < 1.29 is 8.42 Å². The lowest BCUT2D eigenvalue weighted by Gasteiger charge is -2.48. The molecule has 21 heavy (non-hydrogen) atoms. The van der Waals surface area contributed by atoms with Gasteiger partial charge >= 0.3 is 0 Å². The van der Waals surface area contributed by atoms with Crippen LogP contribution in [-0.4, -0.2) is 56.0 Å². The van der Waals surface area contributed by atoms with Gasteiger partial charge in [0.2, 0.25) is 0 Å². The average Bonchev–Trinajstić information content (AvgIpc) is 2.89. The van der Waals surface area contributed by atoms with Crippen molar-refractivity contribution in [3.8, 4) is 0 Å². The number of hydrogen-bond donors (Lipinski definition) is 1.